The lowest BCUT2D eigenvalue weighted by Crippen LogP contribution is -2.07. The summed E-state index contributed by atoms with van der Waals surface area (Å²) < 4.78 is 0. The summed E-state index contributed by atoms with van der Waals surface area (Å²) in [6.45, 7) is 3.20. The summed E-state index contributed by atoms with van der Waals surface area (Å²) in [5, 5.41) is 5.40. The van der Waals surface area contributed by atoms with Crippen molar-refractivity contribution in [3.05, 3.63) is 16.3 Å². The quantitative estimate of drug-likeness (QED) is 0.896. The van der Waals surface area contributed by atoms with Gasteiger partial charge in [-0.15, -0.1) is 11.3 Å². The molecule has 5 heteroatoms. The van der Waals surface area contributed by atoms with Crippen LogP contribution in [0, 0.1) is 0 Å². The van der Waals surface area contributed by atoms with Crippen LogP contribution in [0.4, 0.5) is 5.82 Å². The average Bonchev–Trinajstić information content (AvgIpc) is 3.19. The highest BCUT2D eigenvalue weighted by Gasteiger charge is 2.26. The molecule has 0 aromatic carbocycles. The normalized spacial score (nSPS) is 21.1. The van der Waals surface area contributed by atoms with E-state index in [1.807, 2.05) is 23.1 Å². The fraction of sp³-hybridized carbons (Fsp3) is 0.625. The van der Waals surface area contributed by atoms with Gasteiger partial charge in [-0.3, -0.25) is 0 Å². The fourth-order valence-electron chi connectivity index (χ4n) is 3.31. The van der Waals surface area contributed by atoms with Crippen molar-refractivity contribution in [2.24, 2.45) is 0 Å². The summed E-state index contributed by atoms with van der Waals surface area (Å²) in [6, 6.07) is 0. The summed E-state index contributed by atoms with van der Waals surface area (Å²) in [7, 11) is 0. The molecule has 1 unspecified atom stereocenters. The van der Waals surface area contributed by atoms with E-state index >= 15 is 0 Å². The number of anilines is 1. The molecule has 2 aromatic rings. The standard InChI is InChI=1S/C16H21N3S2/c1-2-8-17-15-13-10-5-3-6-11(10)21-16(13)19-14(18-15)12-7-4-9-20-12/h12H,2-9H2,1H3,(H,17,18,19). The molecule has 4 rings (SSSR count). The van der Waals surface area contributed by atoms with Gasteiger partial charge in [0.15, 0.2) is 0 Å². The number of thiophene rings is 1. The van der Waals surface area contributed by atoms with Gasteiger partial charge < -0.3 is 5.32 Å². The van der Waals surface area contributed by atoms with E-state index in [2.05, 4.69) is 12.2 Å². The Bertz CT molecular complexity index is 659. The zero-order valence-electron chi connectivity index (χ0n) is 12.4. The van der Waals surface area contributed by atoms with Crippen LogP contribution in [0.5, 0.6) is 0 Å². The van der Waals surface area contributed by atoms with Gasteiger partial charge in [-0.1, -0.05) is 6.92 Å². The summed E-state index contributed by atoms with van der Waals surface area (Å²) in [5.74, 6) is 3.41. The molecule has 0 spiro atoms. The van der Waals surface area contributed by atoms with Gasteiger partial charge in [0.1, 0.15) is 16.5 Å². The Morgan fingerprint density at radius 3 is 3.00 bits per heavy atom. The van der Waals surface area contributed by atoms with Crippen LogP contribution in [0.15, 0.2) is 0 Å². The summed E-state index contributed by atoms with van der Waals surface area (Å²) in [4.78, 5) is 12.6. The number of rotatable bonds is 4. The number of thioether (sulfide) groups is 1. The van der Waals surface area contributed by atoms with Crippen LogP contribution in [0.25, 0.3) is 10.2 Å². The minimum Gasteiger partial charge on any atom is -0.369 e. The molecule has 2 aromatic heterocycles. The topological polar surface area (TPSA) is 37.8 Å². The lowest BCUT2D eigenvalue weighted by Gasteiger charge is -2.12. The molecule has 3 nitrogen and oxygen atoms in total. The van der Waals surface area contributed by atoms with Crippen molar-refractivity contribution in [3.63, 3.8) is 0 Å². The van der Waals surface area contributed by atoms with Crippen molar-refractivity contribution in [2.75, 3.05) is 17.6 Å². The second-order valence-electron chi connectivity index (χ2n) is 5.90. The predicted molar refractivity (Wildman–Crippen MR) is 92.7 cm³/mol. The molecule has 1 saturated heterocycles. The number of hydrogen-bond acceptors (Lipinski definition) is 5. The fourth-order valence-corrected chi connectivity index (χ4v) is 5.78. The molecule has 1 aliphatic heterocycles. The van der Waals surface area contributed by atoms with Crippen LogP contribution >= 0.6 is 23.1 Å². The highest BCUT2D eigenvalue weighted by Crippen LogP contribution is 2.43. The summed E-state index contributed by atoms with van der Waals surface area (Å²) in [6.07, 6.45) is 7.40. The third-order valence-electron chi connectivity index (χ3n) is 4.34. The van der Waals surface area contributed by atoms with Gasteiger partial charge >= 0.3 is 0 Å². The highest BCUT2D eigenvalue weighted by molar-refractivity contribution is 7.99. The van der Waals surface area contributed by atoms with Crippen molar-refractivity contribution >= 4 is 39.1 Å². The first-order valence-corrected chi connectivity index (χ1v) is 9.91. The molecular weight excluding hydrogens is 298 g/mol. The maximum absolute atomic E-state index is 4.94. The van der Waals surface area contributed by atoms with E-state index in [9.17, 15) is 0 Å². The number of aryl methyl sites for hydroxylation is 2. The third kappa shape index (κ3) is 2.44. The van der Waals surface area contributed by atoms with E-state index in [0.29, 0.717) is 5.25 Å². The van der Waals surface area contributed by atoms with Crippen molar-refractivity contribution < 1.29 is 0 Å². The van der Waals surface area contributed by atoms with Crippen molar-refractivity contribution in [2.45, 2.75) is 50.7 Å². The van der Waals surface area contributed by atoms with Gasteiger partial charge in [0.25, 0.3) is 0 Å². The van der Waals surface area contributed by atoms with Crippen LogP contribution in [0.3, 0.4) is 0 Å². The highest BCUT2D eigenvalue weighted by atomic mass is 32.2. The lowest BCUT2D eigenvalue weighted by atomic mass is 10.1. The monoisotopic (exact) mass is 319 g/mol. The molecule has 3 heterocycles. The number of hydrogen-bond donors (Lipinski definition) is 1. The summed E-state index contributed by atoms with van der Waals surface area (Å²) >= 11 is 3.93. The molecule has 0 saturated carbocycles. The first-order valence-electron chi connectivity index (χ1n) is 8.04. The van der Waals surface area contributed by atoms with Gasteiger partial charge in [-0.05, 0) is 49.8 Å². The molecule has 0 bridgehead atoms. The zero-order chi connectivity index (χ0) is 14.2. The van der Waals surface area contributed by atoms with E-state index in [1.54, 1.807) is 4.88 Å². The van der Waals surface area contributed by atoms with E-state index in [4.69, 9.17) is 9.97 Å². The minimum atomic E-state index is 0.508. The minimum absolute atomic E-state index is 0.508. The molecule has 0 amide bonds. The number of nitrogens with zero attached hydrogens (tertiary/aromatic N) is 2. The Balaban J connectivity index is 1.82. The Labute approximate surface area is 134 Å². The molecule has 21 heavy (non-hydrogen) atoms. The first kappa shape index (κ1) is 13.8. The average molecular weight is 319 g/mol. The zero-order valence-corrected chi connectivity index (χ0v) is 14.1. The first-order chi connectivity index (χ1) is 10.4. The molecule has 1 aliphatic carbocycles. The van der Waals surface area contributed by atoms with E-state index < -0.39 is 0 Å². The second-order valence-corrected chi connectivity index (χ2v) is 8.29. The van der Waals surface area contributed by atoms with Crippen LogP contribution in [-0.2, 0) is 12.8 Å². The van der Waals surface area contributed by atoms with Crippen LogP contribution < -0.4 is 5.32 Å². The van der Waals surface area contributed by atoms with E-state index in [-0.39, 0.29) is 0 Å². The smallest absolute Gasteiger partial charge is 0.145 e. The van der Waals surface area contributed by atoms with Crippen LogP contribution in [0.1, 0.15) is 54.1 Å². The largest absolute Gasteiger partial charge is 0.369 e. The number of aromatic nitrogens is 2. The molecule has 1 atom stereocenters. The van der Waals surface area contributed by atoms with Gasteiger partial charge in [0.05, 0.1) is 10.6 Å². The van der Waals surface area contributed by atoms with E-state index in [0.717, 1.165) is 24.6 Å². The SMILES string of the molecule is CCCNc1nc(C2CCCS2)nc2sc3c(c12)CCC3. The Kier molecular flexibility index (Phi) is 3.79. The number of fused-ring (bicyclic) bond motifs is 3. The van der Waals surface area contributed by atoms with Crippen LogP contribution in [-0.4, -0.2) is 22.3 Å². The molecule has 2 aliphatic rings. The Morgan fingerprint density at radius 1 is 1.24 bits per heavy atom. The van der Waals surface area contributed by atoms with Crippen molar-refractivity contribution in [3.8, 4) is 0 Å². The Hall–Kier alpha value is -0.810. The summed E-state index contributed by atoms with van der Waals surface area (Å²) in [5.41, 5.74) is 1.53. The van der Waals surface area contributed by atoms with Crippen LogP contribution in [0.2, 0.25) is 0 Å². The molecule has 0 radical (unpaired) electrons. The maximum atomic E-state index is 4.94. The third-order valence-corrected chi connectivity index (χ3v) is 6.90. The van der Waals surface area contributed by atoms with Gasteiger partial charge in [0, 0.05) is 11.4 Å². The lowest BCUT2D eigenvalue weighted by molar-refractivity contribution is 0.783. The van der Waals surface area contributed by atoms with Gasteiger partial charge in [-0.2, -0.15) is 11.8 Å². The second kappa shape index (κ2) is 5.76. The molecule has 112 valence electrons. The molecule has 1 N–H and O–H groups in total. The van der Waals surface area contributed by atoms with E-state index in [1.165, 1.54) is 53.6 Å². The van der Waals surface area contributed by atoms with Crippen molar-refractivity contribution in [1.29, 1.82) is 0 Å². The van der Waals surface area contributed by atoms with Gasteiger partial charge in [0.2, 0.25) is 0 Å². The van der Waals surface area contributed by atoms with Crippen molar-refractivity contribution in [1.82, 2.24) is 9.97 Å². The Morgan fingerprint density at radius 2 is 2.19 bits per heavy atom. The predicted octanol–water partition coefficient (Wildman–Crippen LogP) is 4.57. The number of nitrogens with one attached hydrogen (secondary N) is 1. The molecular formula is C16H21N3S2. The molecule has 1 fully saturated rings. The maximum Gasteiger partial charge on any atom is 0.145 e. The van der Waals surface area contributed by atoms with Gasteiger partial charge in [-0.25, -0.2) is 9.97 Å².